The van der Waals surface area contributed by atoms with Gasteiger partial charge in [0.25, 0.3) is 0 Å². The highest BCUT2D eigenvalue weighted by atomic mass is 79.9. The maximum Gasteiger partial charge on any atom is 0.344 e. The molecule has 1 N–H and O–H groups in total. The van der Waals surface area contributed by atoms with E-state index >= 15 is 0 Å². The number of aromatic nitrogens is 1. The second kappa shape index (κ2) is 7.80. The van der Waals surface area contributed by atoms with Gasteiger partial charge in [-0.2, -0.15) is 0 Å². The summed E-state index contributed by atoms with van der Waals surface area (Å²) < 4.78 is 12.0. The lowest BCUT2D eigenvalue weighted by Crippen LogP contribution is -2.04. The number of halogens is 1. The first-order valence-corrected chi connectivity index (χ1v) is 10.7. The van der Waals surface area contributed by atoms with Crippen LogP contribution in [0.25, 0.3) is 44.1 Å². The fourth-order valence-corrected chi connectivity index (χ4v) is 4.29. The van der Waals surface area contributed by atoms with E-state index in [1.165, 1.54) is 0 Å². The van der Waals surface area contributed by atoms with E-state index in [0.717, 1.165) is 20.8 Å². The van der Waals surface area contributed by atoms with Crippen molar-refractivity contribution < 1.29 is 14.3 Å². The van der Waals surface area contributed by atoms with Crippen molar-refractivity contribution in [3.63, 3.8) is 0 Å². The van der Waals surface area contributed by atoms with Gasteiger partial charge in [-0.25, -0.2) is 4.79 Å². The first-order valence-electron chi connectivity index (χ1n) is 9.96. The molecule has 0 saturated carbocycles. The Morgan fingerprint density at radius 2 is 1.75 bits per heavy atom. The van der Waals surface area contributed by atoms with Crippen molar-refractivity contribution in [2.75, 3.05) is 7.11 Å². The number of hydrogen-bond donors (Lipinski definition) is 1. The van der Waals surface area contributed by atoms with Crippen molar-refractivity contribution in [2.24, 2.45) is 0 Å². The number of fused-ring (bicyclic) bond motifs is 2. The van der Waals surface area contributed by atoms with Crippen molar-refractivity contribution in [1.82, 2.24) is 4.98 Å². The first-order chi connectivity index (χ1) is 15.5. The largest absolute Gasteiger partial charge is 0.507 e. The molecule has 158 valence electrons. The van der Waals surface area contributed by atoms with Crippen LogP contribution in [0.1, 0.15) is 5.56 Å². The molecule has 5 rings (SSSR count). The summed E-state index contributed by atoms with van der Waals surface area (Å²) in [5, 5.41) is 13.8. The molecule has 0 fully saturated rings. The number of nitrogens with zero attached hydrogens (tertiary/aromatic N) is 1. The quantitative estimate of drug-likeness (QED) is 0.316. The van der Waals surface area contributed by atoms with Crippen molar-refractivity contribution in [3.05, 3.63) is 87.3 Å². The molecule has 3 aromatic carbocycles. The lowest BCUT2D eigenvalue weighted by atomic mass is 9.92. The van der Waals surface area contributed by atoms with Crippen LogP contribution < -0.4 is 10.4 Å². The molecular formula is C26H18BrNO4. The van der Waals surface area contributed by atoms with E-state index in [-0.39, 0.29) is 5.75 Å². The summed E-state index contributed by atoms with van der Waals surface area (Å²) in [6.45, 7) is 1.94. The number of methoxy groups -OCH3 is 1. The van der Waals surface area contributed by atoms with Crippen LogP contribution in [0, 0.1) is 6.92 Å². The van der Waals surface area contributed by atoms with E-state index in [2.05, 4.69) is 20.9 Å². The summed E-state index contributed by atoms with van der Waals surface area (Å²) in [5.41, 5.74) is 2.16. The van der Waals surface area contributed by atoms with E-state index in [1.807, 2.05) is 49.4 Å². The molecule has 5 nitrogen and oxygen atoms in total. The zero-order valence-corrected chi connectivity index (χ0v) is 18.9. The molecule has 0 aliphatic carbocycles. The zero-order chi connectivity index (χ0) is 22.4. The van der Waals surface area contributed by atoms with Crippen LogP contribution in [-0.4, -0.2) is 17.2 Å². The smallest absolute Gasteiger partial charge is 0.344 e. The number of phenols is 1. The van der Waals surface area contributed by atoms with Gasteiger partial charge in [-0.15, -0.1) is 0 Å². The number of hydrogen-bond acceptors (Lipinski definition) is 5. The third-order valence-electron chi connectivity index (χ3n) is 5.49. The Balaban J connectivity index is 1.99. The molecule has 32 heavy (non-hydrogen) atoms. The van der Waals surface area contributed by atoms with E-state index in [1.54, 1.807) is 31.5 Å². The summed E-state index contributed by atoms with van der Waals surface area (Å²) in [7, 11) is 1.54. The second-order valence-corrected chi connectivity index (χ2v) is 8.47. The Morgan fingerprint density at radius 1 is 0.938 bits per heavy atom. The van der Waals surface area contributed by atoms with Crippen LogP contribution in [0.2, 0.25) is 0 Å². The number of aromatic hydroxyl groups is 1. The van der Waals surface area contributed by atoms with Crippen LogP contribution in [-0.2, 0) is 0 Å². The molecule has 0 saturated heterocycles. The number of benzene rings is 3. The summed E-state index contributed by atoms with van der Waals surface area (Å²) >= 11 is 3.53. The molecule has 5 aromatic rings. The Hall–Kier alpha value is -3.64. The summed E-state index contributed by atoms with van der Waals surface area (Å²) in [6, 6.07) is 18.3. The number of aryl methyl sites for hydroxylation is 1. The predicted octanol–water partition coefficient (Wildman–Crippen LogP) is 6.46. The molecule has 0 unspecified atom stereocenters. The number of pyridine rings is 1. The van der Waals surface area contributed by atoms with Gasteiger partial charge in [0, 0.05) is 27.2 Å². The lowest BCUT2D eigenvalue weighted by Gasteiger charge is -2.16. The van der Waals surface area contributed by atoms with Crippen LogP contribution in [0.4, 0.5) is 0 Å². The van der Waals surface area contributed by atoms with Crippen molar-refractivity contribution in [2.45, 2.75) is 6.92 Å². The molecule has 6 heteroatoms. The third kappa shape index (κ3) is 3.33. The monoisotopic (exact) mass is 487 g/mol. The SMILES string of the molecule is COc1ccc2c(-c3c(O)ccc4ccc(Br)cc34)c(-c3ccc(C)cn3)oc(=O)c2c1. The summed E-state index contributed by atoms with van der Waals surface area (Å²) in [6.07, 6.45) is 1.72. The normalized spacial score (nSPS) is 11.2. The van der Waals surface area contributed by atoms with Crippen molar-refractivity contribution in [3.8, 4) is 34.1 Å². The number of rotatable bonds is 3. The average molecular weight is 488 g/mol. The summed E-state index contributed by atoms with van der Waals surface area (Å²) in [4.78, 5) is 17.5. The Labute approximate surface area is 192 Å². The average Bonchev–Trinajstić information content (AvgIpc) is 2.80. The predicted molar refractivity (Wildman–Crippen MR) is 129 cm³/mol. The fraction of sp³-hybridized carbons (Fsp3) is 0.0769. The van der Waals surface area contributed by atoms with Crippen molar-refractivity contribution in [1.29, 1.82) is 0 Å². The Kier molecular flexibility index (Phi) is 4.94. The van der Waals surface area contributed by atoms with Gasteiger partial charge in [0.05, 0.1) is 12.5 Å². The Morgan fingerprint density at radius 3 is 2.50 bits per heavy atom. The molecule has 0 bridgehead atoms. The molecule has 0 amide bonds. The van der Waals surface area contributed by atoms with Gasteiger partial charge in [0.15, 0.2) is 5.76 Å². The molecule has 2 heterocycles. The van der Waals surface area contributed by atoms with Gasteiger partial charge < -0.3 is 14.3 Å². The number of phenolic OH excluding ortho intramolecular Hbond substituents is 1. The lowest BCUT2D eigenvalue weighted by molar-refractivity contribution is 0.415. The Bertz CT molecular complexity index is 1550. The molecule has 0 atom stereocenters. The van der Waals surface area contributed by atoms with Gasteiger partial charge in [0.1, 0.15) is 17.2 Å². The van der Waals surface area contributed by atoms with E-state index in [9.17, 15) is 9.90 Å². The molecule has 0 spiro atoms. The number of ether oxygens (including phenoxy) is 1. The van der Waals surface area contributed by atoms with Crippen LogP contribution >= 0.6 is 15.9 Å². The van der Waals surface area contributed by atoms with Gasteiger partial charge in [0.2, 0.25) is 0 Å². The van der Waals surface area contributed by atoms with E-state index in [4.69, 9.17) is 9.15 Å². The van der Waals surface area contributed by atoms with Gasteiger partial charge in [-0.3, -0.25) is 4.98 Å². The standard InChI is InChI=1S/C26H18BrNO4/c1-14-3-9-21(28-13-14)25-24(18-8-7-17(31-2)12-20(18)26(30)32-25)23-19-11-16(27)6-4-15(19)5-10-22(23)29/h3-13,29H,1-2H3. The fourth-order valence-electron chi connectivity index (χ4n) is 3.93. The van der Waals surface area contributed by atoms with E-state index < -0.39 is 5.63 Å². The van der Waals surface area contributed by atoms with Crippen LogP contribution in [0.3, 0.4) is 0 Å². The van der Waals surface area contributed by atoms with Gasteiger partial charge in [-0.05, 0) is 65.7 Å². The molecule has 0 aliphatic heterocycles. The van der Waals surface area contributed by atoms with Crippen LogP contribution in [0.5, 0.6) is 11.5 Å². The highest BCUT2D eigenvalue weighted by Crippen LogP contribution is 2.45. The maximum atomic E-state index is 13.0. The maximum absolute atomic E-state index is 13.0. The van der Waals surface area contributed by atoms with Gasteiger partial charge >= 0.3 is 5.63 Å². The summed E-state index contributed by atoms with van der Waals surface area (Å²) in [5.74, 6) is 0.923. The van der Waals surface area contributed by atoms with Crippen LogP contribution in [0.15, 0.2) is 80.5 Å². The topological polar surface area (TPSA) is 72.6 Å². The highest BCUT2D eigenvalue weighted by molar-refractivity contribution is 9.10. The first kappa shape index (κ1) is 20.3. The minimum absolute atomic E-state index is 0.0786. The minimum atomic E-state index is -0.499. The molecule has 0 radical (unpaired) electrons. The van der Waals surface area contributed by atoms with Gasteiger partial charge in [-0.1, -0.05) is 34.1 Å². The zero-order valence-electron chi connectivity index (χ0n) is 17.3. The second-order valence-electron chi connectivity index (χ2n) is 7.55. The van der Waals surface area contributed by atoms with Crippen molar-refractivity contribution >= 4 is 37.5 Å². The third-order valence-corrected chi connectivity index (χ3v) is 5.99. The van der Waals surface area contributed by atoms with E-state index in [0.29, 0.717) is 39.1 Å². The highest BCUT2D eigenvalue weighted by Gasteiger charge is 2.23. The molecule has 2 aromatic heterocycles. The minimum Gasteiger partial charge on any atom is -0.507 e. The molecular weight excluding hydrogens is 470 g/mol. The molecule has 0 aliphatic rings.